The molecule has 2 saturated heterocycles. The Morgan fingerprint density at radius 2 is 2.00 bits per heavy atom. The summed E-state index contributed by atoms with van der Waals surface area (Å²) < 4.78 is 40.5. The van der Waals surface area contributed by atoms with E-state index >= 15 is 0 Å². The minimum absolute atomic E-state index is 0.00974. The van der Waals surface area contributed by atoms with Crippen LogP contribution in [0.4, 0.5) is 4.39 Å². The smallest absolute Gasteiger partial charge is 0.243 e. The molecule has 0 aromatic heterocycles. The number of nitrogens with zero attached hydrogens (tertiary/aromatic N) is 1. The molecular formula is C16H21FN2O3S. The lowest BCUT2D eigenvalue weighted by Crippen LogP contribution is -2.62. The van der Waals surface area contributed by atoms with Crippen molar-refractivity contribution in [1.29, 1.82) is 0 Å². The summed E-state index contributed by atoms with van der Waals surface area (Å²) in [5.74, 6) is -0.473. The van der Waals surface area contributed by atoms with E-state index in [0.717, 1.165) is 18.6 Å². The zero-order valence-electron chi connectivity index (χ0n) is 13.1. The number of benzene rings is 1. The Bertz CT molecular complexity index is 705. The van der Waals surface area contributed by atoms with Gasteiger partial charge in [0.15, 0.2) is 0 Å². The molecule has 1 aromatic rings. The van der Waals surface area contributed by atoms with Gasteiger partial charge in [-0.2, -0.15) is 4.31 Å². The van der Waals surface area contributed by atoms with Gasteiger partial charge in [0, 0.05) is 19.0 Å². The number of halogens is 1. The Morgan fingerprint density at radius 3 is 2.57 bits per heavy atom. The minimum Gasteiger partial charge on any atom is -0.349 e. The quantitative estimate of drug-likeness (QED) is 0.916. The molecule has 2 fully saturated rings. The van der Waals surface area contributed by atoms with Gasteiger partial charge in [-0.1, -0.05) is 6.92 Å². The third-order valence-corrected chi connectivity index (χ3v) is 6.90. The summed E-state index contributed by atoms with van der Waals surface area (Å²) in [6.07, 6.45) is 3.24. The average molecular weight is 340 g/mol. The van der Waals surface area contributed by atoms with Gasteiger partial charge in [0.2, 0.25) is 15.9 Å². The first-order valence-electron chi connectivity index (χ1n) is 7.97. The molecule has 2 aliphatic rings. The van der Waals surface area contributed by atoms with Crippen molar-refractivity contribution in [3.05, 3.63) is 30.1 Å². The summed E-state index contributed by atoms with van der Waals surface area (Å²) in [7, 11) is -3.71. The zero-order valence-corrected chi connectivity index (χ0v) is 13.9. The van der Waals surface area contributed by atoms with E-state index in [2.05, 4.69) is 5.32 Å². The number of carbonyl (C=O) groups excluding carboxylic acids is 1. The first-order valence-corrected chi connectivity index (χ1v) is 9.41. The van der Waals surface area contributed by atoms with Crippen LogP contribution in [-0.4, -0.2) is 36.8 Å². The molecule has 0 aliphatic carbocycles. The lowest BCUT2D eigenvalue weighted by molar-refractivity contribution is -0.120. The van der Waals surface area contributed by atoms with Crippen LogP contribution in [0.1, 0.15) is 39.0 Å². The molecule has 3 rings (SSSR count). The predicted octanol–water partition coefficient (Wildman–Crippen LogP) is 2.04. The van der Waals surface area contributed by atoms with Crippen LogP contribution in [0.15, 0.2) is 29.2 Å². The van der Waals surface area contributed by atoms with Crippen LogP contribution in [0, 0.1) is 5.82 Å². The van der Waals surface area contributed by atoms with Crippen molar-refractivity contribution < 1.29 is 17.6 Å². The molecule has 0 unspecified atom stereocenters. The van der Waals surface area contributed by atoms with Gasteiger partial charge in [-0.25, -0.2) is 12.8 Å². The van der Waals surface area contributed by atoms with Gasteiger partial charge in [0.25, 0.3) is 0 Å². The van der Waals surface area contributed by atoms with Crippen molar-refractivity contribution in [2.24, 2.45) is 0 Å². The van der Waals surface area contributed by atoms with Gasteiger partial charge in [-0.3, -0.25) is 4.79 Å². The topological polar surface area (TPSA) is 66.5 Å². The van der Waals surface area contributed by atoms with Crippen molar-refractivity contribution in [2.45, 2.75) is 55.5 Å². The van der Waals surface area contributed by atoms with E-state index in [-0.39, 0.29) is 16.8 Å². The third-order valence-electron chi connectivity index (χ3n) is 4.98. The van der Waals surface area contributed by atoms with E-state index in [1.54, 1.807) is 0 Å². The van der Waals surface area contributed by atoms with Crippen molar-refractivity contribution in [3.8, 4) is 0 Å². The van der Waals surface area contributed by atoms with Gasteiger partial charge in [0.1, 0.15) is 5.82 Å². The normalized spacial score (nSPS) is 29.0. The van der Waals surface area contributed by atoms with E-state index in [4.69, 9.17) is 0 Å². The Kier molecular flexibility index (Phi) is 4.18. The van der Waals surface area contributed by atoms with E-state index in [9.17, 15) is 17.6 Å². The number of sulfonamides is 1. The van der Waals surface area contributed by atoms with E-state index in [1.807, 2.05) is 6.92 Å². The molecule has 2 aliphatic heterocycles. The SMILES string of the molecule is CC[C@@H]1N(S(=O)(=O)c2ccc(F)cc2)CCC[C@@]12CCC(=O)N2. The largest absolute Gasteiger partial charge is 0.349 e. The molecule has 0 saturated carbocycles. The van der Waals surface area contributed by atoms with Crippen LogP contribution in [0.5, 0.6) is 0 Å². The van der Waals surface area contributed by atoms with Crippen molar-refractivity contribution in [1.82, 2.24) is 9.62 Å². The molecular weight excluding hydrogens is 319 g/mol. The minimum atomic E-state index is -3.71. The second-order valence-corrected chi connectivity index (χ2v) is 8.19. The highest BCUT2D eigenvalue weighted by Gasteiger charge is 2.51. The average Bonchev–Trinajstić information content (AvgIpc) is 2.88. The van der Waals surface area contributed by atoms with E-state index in [1.165, 1.54) is 16.4 Å². The number of hydrogen-bond acceptors (Lipinski definition) is 3. The van der Waals surface area contributed by atoms with Crippen LogP contribution in [-0.2, 0) is 14.8 Å². The van der Waals surface area contributed by atoms with Crippen LogP contribution in [0.3, 0.4) is 0 Å². The molecule has 1 amide bonds. The Labute approximate surface area is 135 Å². The summed E-state index contributed by atoms with van der Waals surface area (Å²) >= 11 is 0. The molecule has 7 heteroatoms. The summed E-state index contributed by atoms with van der Waals surface area (Å²) in [5.41, 5.74) is -0.461. The maximum absolute atomic E-state index is 13.1. The molecule has 2 heterocycles. The molecule has 0 bridgehead atoms. The van der Waals surface area contributed by atoms with Crippen LogP contribution < -0.4 is 5.32 Å². The van der Waals surface area contributed by atoms with Crippen LogP contribution in [0.25, 0.3) is 0 Å². The maximum atomic E-state index is 13.1. The number of nitrogens with one attached hydrogen (secondary N) is 1. The summed E-state index contributed by atoms with van der Waals surface area (Å²) in [6, 6.07) is 4.64. The van der Waals surface area contributed by atoms with E-state index in [0.29, 0.717) is 32.2 Å². The number of rotatable bonds is 3. The summed E-state index contributed by atoms with van der Waals surface area (Å²) in [5, 5.41) is 3.03. The molecule has 1 spiro atoms. The lowest BCUT2D eigenvalue weighted by atomic mass is 9.80. The molecule has 1 N–H and O–H groups in total. The monoisotopic (exact) mass is 340 g/mol. The highest BCUT2D eigenvalue weighted by atomic mass is 32.2. The van der Waals surface area contributed by atoms with Gasteiger partial charge in [-0.15, -0.1) is 0 Å². The molecule has 2 atom stereocenters. The molecule has 23 heavy (non-hydrogen) atoms. The Balaban J connectivity index is 1.97. The van der Waals surface area contributed by atoms with Gasteiger partial charge in [0.05, 0.1) is 10.4 Å². The standard InChI is InChI=1S/C16H21FN2O3S/c1-2-14-16(10-8-15(20)18-16)9-3-11-19(14)23(21,22)13-6-4-12(17)5-7-13/h4-7,14H,2-3,8-11H2,1H3,(H,18,20)/t14-,16+/m0/s1. The summed E-state index contributed by atoms with van der Waals surface area (Å²) in [4.78, 5) is 11.8. The van der Waals surface area contributed by atoms with Crippen LogP contribution >= 0.6 is 0 Å². The summed E-state index contributed by atoms with van der Waals surface area (Å²) in [6.45, 7) is 2.37. The fraction of sp³-hybridized carbons (Fsp3) is 0.562. The lowest BCUT2D eigenvalue weighted by Gasteiger charge is -2.47. The maximum Gasteiger partial charge on any atom is 0.243 e. The van der Waals surface area contributed by atoms with E-state index < -0.39 is 21.4 Å². The molecule has 0 radical (unpaired) electrons. The third kappa shape index (κ3) is 2.76. The van der Waals surface area contributed by atoms with Crippen LogP contribution in [0.2, 0.25) is 0 Å². The Morgan fingerprint density at radius 1 is 1.30 bits per heavy atom. The molecule has 1 aromatic carbocycles. The van der Waals surface area contributed by atoms with Gasteiger partial charge >= 0.3 is 0 Å². The number of carbonyl (C=O) groups is 1. The number of amides is 1. The number of hydrogen-bond donors (Lipinski definition) is 1. The van der Waals surface area contributed by atoms with Crippen molar-refractivity contribution in [2.75, 3.05) is 6.54 Å². The molecule has 5 nitrogen and oxygen atoms in total. The van der Waals surface area contributed by atoms with Crippen molar-refractivity contribution >= 4 is 15.9 Å². The Hall–Kier alpha value is -1.47. The first kappa shape index (κ1) is 16.4. The van der Waals surface area contributed by atoms with Gasteiger partial charge < -0.3 is 5.32 Å². The zero-order chi connectivity index (χ0) is 16.7. The highest BCUT2D eigenvalue weighted by molar-refractivity contribution is 7.89. The van der Waals surface area contributed by atoms with Crippen molar-refractivity contribution in [3.63, 3.8) is 0 Å². The van der Waals surface area contributed by atoms with Gasteiger partial charge in [-0.05, 0) is 49.9 Å². The fourth-order valence-corrected chi connectivity index (χ4v) is 5.76. The molecule has 126 valence electrons. The second-order valence-electron chi connectivity index (χ2n) is 6.30. The number of piperidine rings is 1. The predicted molar refractivity (Wildman–Crippen MR) is 83.7 cm³/mol. The highest BCUT2D eigenvalue weighted by Crippen LogP contribution is 2.39. The second kappa shape index (κ2) is 5.87. The fourth-order valence-electron chi connectivity index (χ4n) is 3.95. The first-order chi connectivity index (χ1) is 10.9.